The molecule has 0 aliphatic carbocycles. The first-order valence-electron chi connectivity index (χ1n) is 10.7. The largest absolute Gasteiger partial charge is 0.465 e. The van der Waals surface area contributed by atoms with Crippen molar-refractivity contribution in [3.63, 3.8) is 0 Å². The summed E-state index contributed by atoms with van der Waals surface area (Å²) in [5, 5.41) is 3.58. The van der Waals surface area contributed by atoms with E-state index in [1.54, 1.807) is 41.0 Å². The van der Waals surface area contributed by atoms with Crippen molar-refractivity contribution in [2.75, 3.05) is 18.2 Å². The number of ether oxygens (including phenoxy) is 1. The van der Waals surface area contributed by atoms with Crippen LogP contribution in [0.1, 0.15) is 15.9 Å². The number of rotatable bonds is 7. The molecule has 0 fully saturated rings. The van der Waals surface area contributed by atoms with Crippen LogP contribution in [0.2, 0.25) is 5.02 Å². The zero-order valence-corrected chi connectivity index (χ0v) is 21.2. The highest BCUT2D eigenvalue weighted by atomic mass is 35.5. The van der Waals surface area contributed by atoms with Crippen LogP contribution in [0.15, 0.2) is 63.3 Å². The molecule has 10 nitrogen and oxygen atoms in total. The molecule has 4 rings (SSSR count). The van der Waals surface area contributed by atoms with Crippen molar-refractivity contribution in [2.24, 2.45) is 14.1 Å². The highest BCUT2D eigenvalue weighted by molar-refractivity contribution is 7.99. The average Bonchev–Trinajstić information content (AvgIpc) is 3.24. The van der Waals surface area contributed by atoms with Gasteiger partial charge in [0.25, 0.3) is 5.56 Å². The molecule has 2 aromatic heterocycles. The predicted octanol–water partition coefficient (Wildman–Crippen LogP) is 2.65. The van der Waals surface area contributed by atoms with E-state index in [0.29, 0.717) is 15.9 Å². The van der Waals surface area contributed by atoms with Crippen molar-refractivity contribution in [1.82, 2.24) is 18.7 Å². The van der Waals surface area contributed by atoms with Crippen LogP contribution >= 0.6 is 23.4 Å². The van der Waals surface area contributed by atoms with Gasteiger partial charge in [-0.2, -0.15) is 0 Å². The Morgan fingerprint density at radius 2 is 1.75 bits per heavy atom. The van der Waals surface area contributed by atoms with Crippen molar-refractivity contribution in [2.45, 2.75) is 11.7 Å². The highest BCUT2D eigenvalue weighted by Gasteiger charge is 2.21. The Morgan fingerprint density at radius 1 is 1.06 bits per heavy atom. The van der Waals surface area contributed by atoms with Gasteiger partial charge in [0.2, 0.25) is 5.91 Å². The number of esters is 1. The number of thioether (sulfide) groups is 1. The van der Waals surface area contributed by atoms with Crippen molar-refractivity contribution in [1.29, 1.82) is 0 Å². The maximum atomic E-state index is 13.0. The van der Waals surface area contributed by atoms with Gasteiger partial charge in [0, 0.05) is 19.1 Å². The van der Waals surface area contributed by atoms with Gasteiger partial charge in [0.1, 0.15) is 0 Å². The first kappa shape index (κ1) is 25.3. The highest BCUT2D eigenvalue weighted by Crippen LogP contribution is 2.26. The number of aryl methyl sites for hydroxylation is 1. The summed E-state index contributed by atoms with van der Waals surface area (Å²) in [6.07, 6.45) is 0. The molecule has 2 aromatic carbocycles. The number of hydrogen-bond donors (Lipinski definition) is 1. The minimum atomic E-state index is -0.572. The van der Waals surface area contributed by atoms with E-state index in [0.717, 1.165) is 21.9 Å². The van der Waals surface area contributed by atoms with Crippen molar-refractivity contribution < 1.29 is 14.3 Å². The summed E-state index contributed by atoms with van der Waals surface area (Å²) in [4.78, 5) is 54.8. The lowest BCUT2D eigenvalue weighted by atomic mass is 10.2. The SMILES string of the molecule is COC(=O)c1ccccc1NC(=O)CSc1nc2c(c(=O)n(C)c(=O)n2C)n1Cc1ccccc1Cl. The van der Waals surface area contributed by atoms with E-state index < -0.39 is 23.1 Å². The van der Waals surface area contributed by atoms with E-state index in [1.165, 1.54) is 25.8 Å². The molecule has 0 unspecified atom stereocenters. The number of amides is 1. The van der Waals surface area contributed by atoms with E-state index in [4.69, 9.17) is 16.3 Å². The van der Waals surface area contributed by atoms with Crippen LogP contribution in [0.25, 0.3) is 11.2 Å². The molecule has 186 valence electrons. The molecule has 0 aliphatic rings. The molecule has 4 aromatic rings. The van der Waals surface area contributed by atoms with Gasteiger partial charge >= 0.3 is 11.7 Å². The van der Waals surface area contributed by atoms with Crippen molar-refractivity contribution in [3.8, 4) is 0 Å². The third kappa shape index (κ3) is 4.79. The summed E-state index contributed by atoms with van der Waals surface area (Å²) in [6.45, 7) is 0.207. The van der Waals surface area contributed by atoms with Crippen molar-refractivity contribution in [3.05, 3.63) is 85.5 Å². The Labute approximate surface area is 214 Å². The molecular weight excluding hydrogens is 506 g/mol. The molecular formula is C24H22ClN5O5S. The number of carbonyl (C=O) groups excluding carboxylic acids is 2. The second-order valence-corrected chi connectivity index (χ2v) is 9.17. The third-order valence-electron chi connectivity index (χ3n) is 5.54. The Balaban J connectivity index is 1.69. The van der Waals surface area contributed by atoms with E-state index >= 15 is 0 Å². The Morgan fingerprint density at radius 3 is 2.47 bits per heavy atom. The van der Waals surface area contributed by atoms with E-state index in [9.17, 15) is 19.2 Å². The monoisotopic (exact) mass is 527 g/mol. The van der Waals surface area contributed by atoms with Gasteiger partial charge in [-0.15, -0.1) is 0 Å². The Bertz CT molecular complexity index is 1610. The van der Waals surface area contributed by atoms with Gasteiger partial charge in [0.15, 0.2) is 16.3 Å². The van der Waals surface area contributed by atoms with Gasteiger partial charge in [-0.25, -0.2) is 14.6 Å². The maximum absolute atomic E-state index is 13.0. The minimum absolute atomic E-state index is 0.0738. The van der Waals surface area contributed by atoms with Crippen LogP contribution in [0, 0.1) is 0 Å². The van der Waals surface area contributed by atoms with Gasteiger partial charge in [0.05, 0.1) is 30.7 Å². The maximum Gasteiger partial charge on any atom is 0.339 e. The van der Waals surface area contributed by atoms with Crippen LogP contribution in [0.3, 0.4) is 0 Å². The van der Waals surface area contributed by atoms with Gasteiger partial charge in [-0.1, -0.05) is 53.7 Å². The topological polar surface area (TPSA) is 117 Å². The molecule has 12 heteroatoms. The molecule has 0 saturated heterocycles. The van der Waals surface area contributed by atoms with Crippen LogP contribution in [-0.2, 0) is 30.2 Å². The fourth-order valence-electron chi connectivity index (χ4n) is 3.68. The third-order valence-corrected chi connectivity index (χ3v) is 6.88. The summed E-state index contributed by atoms with van der Waals surface area (Å²) in [5.74, 6) is -1.04. The average molecular weight is 528 g/mol. The van der Waals surface area contributed by atoms with Crippen LogP contribution in [0.5, 0.6) is 0 Å². The molecule has 2 heterocycles. The number of fused-ring (bicyclic) bond motifs is 1. The summed E-state index contributed by atoms with van der Waals surface area (Å²) in [7, 11) is 4.19. The molecule has 1 N–H and O–H groups in total. The van der Waals surface area contributed by atoms with Gasteiger partial charge in [-0.05, 0) is 23.8 Å². The number of methoxy groups -OCH3 is 1. The predicted molar refractivity (Wildman–Crippen MR) is 138 cm³/mol. The van der Waals surface area contributed by atoms with Gasteiger partial charge < -0.3 is 14.6 Å². The lowest BCUT2D eigenvalue weighted by molar-refractivity contribution is -0.113. The fraction of sp³-hybridized carbons (Fsp3) is 0.208. The molecule has 0 aliphatic heterocycles. The number of para-hydroxylation sites is 1. The van der Waals surface area contributed by atoms with Crippen LogP contribution in [0.4, 0.5) is 5.69 Å². The molecule has 0 radical (unpaired) electrons. The summed E-state index contributed by atoms with van der Waals surface area (Å²) in [5.41, 5.74) is 0.693. The van der Waals surface area contributed by atoms with E-state index in [-0.39, 0.29) is 29.0 Å². The number of nitrogens with zero attached hydrogens (tertiary/aromatic N) is 4. The van der Waals surface area contributed by atoms with Gasteiger partial charge in [-0.3, -0.25) is 18.7 Å². The zero-order chi connectivity index (χ0) is 26.0. The number of imidazole rings is 1. The number of nitrogens with one attached hydrogen (secondary N) is 1. The number of halogens is 1. The first-order chi connectivity index (χ1) is 17.2. The minimum Gasteiger partial charge on any atom is -0.465 e. The molecule has 36 heavy (non-hydrogen) atoms. The summed E-state index contributed by atoms with van der Waals surface area (Å²) in [6, 6.07) is 13.7. The number of hydrogen-bond acceptors (Lipinski definition) is 7. The molecule has 0 saturated carbocycles. The normalized spacial score (nSPS) is 11.0. The molecule has 0 bridgehead atoms. The van der Waals surface area contributed by atoms with Crippen LogP contribution in [-0.4, -0.2) is 43.4 Å². The molecule has 0 atom stereocenters. The second-order valence-electron chi connectivity index (χ2n) is 7.82. The smallest absolute Gasteiger partial charge is 0.339 e. The van der Waals surface area contributed by atoms with Crippen LogP contribution < -0.4 is 16.6 Å². The molecule has 0 spiro atoms. The van der Waals surface area contributed by atoms with Crippen molar-refractivity contribution >= 4 is 52.1 Å². The fourth-order valence-corrected chi connectivity index (χ4v) is 4.67. The number of anilines is 1. The quantitative estimate of drug-likeness (QED) is 0.290. The van der Waals surface area contributed by atoms with E-state index in [2.05, 4.69) is 10.3 Å². The Kier molecular flexibility index (Phi) is 7.32. The molecule has 1 amide bonds. The lowest BCUT2D eigenvalue weighted by Crippen LogP contribution is -2.37. The first-order valence-corrected chi connectivity index (χ1v) is 12.1. The summed E-state index contributed by atoms with van der Waals surface area (Å²) < 4.78 is 8.72. The zero-order valence-electron chi connectivity index (χ0n) is 19.6. The lowest BCUT2D eigenvalue weighted by Gasteiger charge is -2.11. The number of aromatic nitrogens is 4. The number of benzene rings is 2. The second kappa shape index (κ2) is 10.4. The number of carbonyl (C=O) groups is 2. The Hall–Kier alpha value is -3.83. The standard InChI is InChI=1S/C24H22ClN5O5S/c1-28-20-19(21(32)29(2)24(28)34)30(12-14-8-4-6-10-16(14)25)23(27-20)36-13-18(31)26-17-11-7-5-9-15(17)22(33)35-3/h4-11H,12-13H2,1-3H3,(H,26,31). The summed E-state index contributed by atoms with van der Waals surface area (Å²) >= 11 is 7.45. The van der Waals surface area contributed by atoms with E-state index in [1.807, 2.05) is 12.1 Å².